The van der Waals surface area contributed by atoms with E-state index in [1.807, 2.05) is 0 Å². The van der Waals surface area contributed by atoms with Crippen LogP contribution in [0.1, 0.15) is 25.8 Å². The highest BCUT2D eigenvalue weighted by molar-refractivity contribution is 7.89. The van der Waals surface area contributed by atoms with Gasteiger partial charge in [0.2, 0.25) is 10.0 Å². The summed E-state index contributed by atoms with van der Waals surface area (Å²) in [5, 5.41) is 0.265. The second-order valence-corrected chi connectivity index (χ2v) is 8.56. The van der Waals surface area contributed by atoms with Crippen LogP contribution in [0.15, 0.2) is 23.1 Å². The molecule has 2 N–H and O–H groups in total. The van der Waals surface area contributed by atoms with Gasteiger partial charge in [0.15, 0.2) is 0 Å². The number of halogens is 1. The summed E-state index contributed by atoms with van der Waals surface area (Å²) in [6.07, 6.45) is 1.05. The summed E-state index contributed by atoms with van der Waals surface area (Å²) in [6, 6.07) is 4.50. The third-order valence-corrected chi connectivity index (χ3v) is 6.04. The molecule has 116 valence electrons. The number of thiocarbonyl (C=S) groups is 1. The first kappa shape index (κ1) is 16.7. The number of rotatable bonds is 3. The molecule has 2 atom stereocenters. The number of sulfonamides is 1. The molecule has 1 aliphatic rings. The Morgan fingerprint density at radius 2 is 1.90 bits per heavy atom. The smallest absolute Gasteiger partial charge is 0.243 e. The Morgan fingerprint density at radius 1 is 1.33 bits per heavy atom. The van der Waals surface area contributed by atoms with Crippen molar-refractivity contribution in [3.63, 3.8) is 0 Å². The van der Waals surface area contributed by atoms with E-state index in [1.165, 1.54) is 16.4 Å². The molecule has 1 heterocycles. The zero-order valence-electron chi connectivity index (χ0n) is 12.0. The molecule has 21 heavy (non-hydrogen) atoms. The minimum Gasteiger partial charge on any atom is -0.389 e. The molecule has 1 aromatic carbocycles. The lowest BCUT2D eigenvalue weighted by molar-refractivity contribution is 0.222. The van der Waals surface area contributed by atoms with Crippen molar-refractivity contribution in [2.45, 2.75) is 25.2 Å². The van der Waals surface area contributed by atoms with Gasteiger partial charge in [-0.1, -0.05) is 37.7 Å². The first-order valence-electron chi connectivity index (χ1n) is 6.81. The Hall–Kier alpha value is -0.690. The summed E-state index contributed by atoms with van der Waals surface area (Å²) in [6.45, 7) is 5.23. The van der Waals surface area contributed by atoms with Gasteiger partial charge in [0.05, 0.1) is 9.92 Å². The zero-order valence-corrected chi connectivity index (χ0v) is 14.4. The summed E-state index contributed by atoms with van der Waals surface area (Å²) in [4.78, 5) is 0.345. The van der Waals surface area contributed by atoms with Crippen molar-refractivity contribution < 1.29 is 8.42 Å². The molecule has 2 rings (SSSR count). The van der Waals surface area contributed by atoms with E-state index >= 15 is 0 Å². The predicted octanol–water partition coefficient (Wildman–Crippen LogP) is 2.64. The minimum absolute atomic E-state index is 0.157. The van der Waals surface area contributed by atoms with Crippen molar-refractivity contribution in [2.75, 3.05) is 13.1 Å². The van der Waals surface area contributed by atoms with Gasteiger partial charge < -0.3 is 5.73 Å². The third-order valence-electron chi connectivity index (χ3n) is 3.68. The molecular weight excluding hydrogens is 328 g/mol. The molecular formula is C14H19ClN2O2S2. The van der Waals surface area contributed by atoms with Gasteiger partial charge in [-0.3, -0.25) is 0 Å². The molecule has 0 amide bonds. The van der Waals surface area contributed by atoms with Crippen LogP contribution >= 0.6 is 23.8 Å². The van der Waals surface area contributed by atoms with E-state index in [4.69, 9.17) is 29.6 Å². The molecule has 1 aliphatic heterocycles. The molecule has 4 nitrogen and oxygen atoms in total. The van der Waals surface area contributed by atoms with E-state index in [1.54, 1.807) is 6.07 Å². The highest BCUT2D eigenvalue weighted by atomic mass is 35.5. The first-order chi connectivity index (χ1) is 9.71. The second-order valence-electron chi connectivity index (χ2n) is 5.77. The van der Waals surface area contributed by atoms with E-state index in [2.05, 4.69) is 13.8 Å². The maximum atomic E-state index is 12.7. The molecule has 1 saturated heterocycles. The van der Waals surface area contributed by atoms with Crippen molar-refractivity contribution in [1.29, 1.82) is 0 Å². The molecule has 7 heteroatoms. The Labute approximate surface area is 136 Å². The SMILES string of the molecule is CC1CC(C)CN(S(=O)(=O)c2ccc(C(N)=S)c(Cl)c2)C1. The summed E-state index contributed by atoms with van der Waals surface area (Å²) >= 11 is 11.0. The van der Waals surface area contributed by atoms with Gasteiger partial charge >= 0.3 is 0 Å². The van der Waals surface area contributed by atoms with Crippen molar-refractivity contribution in [1.82, 2.24) is 4.31 Å². The van der Waals surface area contributed by atoms with E-state index in [0.29, 0.717) is 30.5 Å². The van der Waals surface area contributed by atoms with Crippen LogP contribution in [0.4, 0.5) is 0 Å². The first-order valence-corrected chi connectivity index (χ1v) is 9.04. The predicted molar refractivity (Wildman–Crippen MR) is 89.0 cm³/mol. The highest BCUT2D eigenvalue weighted by Gasteiger charge is 2.31. The quantitative estimate of drug-likeness (QED) is 0.854. The van der Waals surface area contributed by atoms with E-state index in [0.717, 1.165) is 6.42 Å². The van der Waals surface area contributed by atoms with E-state index in [9.17, 15) is 8.42 Å². The molecule has 0 aliphatic carbocycles. The highest BCUT2D eigenvalue weighted by Crippen LogP contribution is 2.28. The van der Waals surface area contributed by atoms with Crippen LogP contribution in [-0.4, -0.2) is 30.8 Å². The second kappa shape index (κ2) is 6.20. The zero-order chi connectivity index (χ0) is 15.8. The largest absolute Gasteiger partial charge is 0.389 e. The average Bonchev–Trinajstić information content (AvgIpc) is 2.36. The fourth-order valence-electron chi connectivity index (χ4n) is 2.81. The number of benzene rings is 1. The monoisotopic (exact) mass is 346 g/mol. The lowest BCUT2D eigenvalue weighted by Gasteiger charge is -2.34. The van der Waals surface area contributed by atoms with Gasteiger partial charge in [-0.05, 0) is 36.5 Å². The molecule has 0 radical (unpaired) electrons. The summed E-state index contributed by atoms with van der Waals surface area (Å²) in [5.74, 6) is 0.713. The number of hydrogen-bond acceptors (Lipinski definition) is 3. The Morgan fingerprint density at radius 3 is 2.38 bits per heavy atom. The normalized spacial score (nSPS) is 24.0. The van der Waals surface area contributed by atoms with Crippen LogP contribution < -0.4 is 5.73 Å². The number of nitrogens with zero attached hydrogens (tertiary/aromatic N) is 1. The molecule has 1 aromatic rings. The third kappa shape index (κ3) is 3.56. The Kier molecular flexibility index (Phi) is 4.92. The topological polar surface area (TPSA) is 63.4 Å². The van der Waals surface area contributed by atoms with Gasteiger partial charge in [0, 0.05) is 18.7 Å². The van der Waals surface area contributed by atoms with Crippen LogP contribution in [0.5, 0.6) is 0 Å². The van der Waals surface area contributed by atoms with E-state index < -0.39 is 10.0 Å². The van der Waals surface area contributed by atoms with Crippen molar-refractivity contribution in [2.24, 2.45) is 17.6 Å². The van der Waals surface area contributed by atoms with Gasteiger partial charge in [-0.15, -0.1) is 0 Å². The molecule has 0 bridgehead atoms. The Balaban J connectivity index is 2.35. The molecule has 0 spiro atoms. The molecule has 0 aromatic heterocycles. The molecule has 2 unspecified atom stereocenters. The summed E-state index contributed by atoms with van der Waals surface area (Å²) in [5.41, 5.74) is 6.03. The average molecular weight is 347 g/mol. The van der Waals surface area contributed by atoms with E-state index in [-0.39, 0.29) is 14.9 Å². The fraction of sp³-hybridized carbons (Fsp3) is 0.500. The number of nitrogens with two attached hydrogens (primary N) is 1. The summed E-state index contributed by atoms with van der Waals surface area (Å²) in [7, 11) is -3.53. The van der Waals surface area contributed by atoms with Gasteiger partial charge in [-0.25, -0.2) is 8.42 Å². The summed E-state index contributed by atoms with van der Waals surface area (Å²) < 4.78 is 27.0. The standard InChI is InChI=1S/C14H19ClN2O2S2/c1-9-5-10(2)8-17(7-9)21(18,19)11-3-4-12(14(16)20)13(15)6-11/h3-4,6,9-10H,5,7-8H2,1-2H3,(H2,16,20). The number of piperidine rings is 1. The molecule has 1 fully saturated rings. The fourth-order valence-corrected chi connectivity index (χ4v) is 5.09. The van der Waals surface area contributed by atoms with Crippen LogP contribution in [-0.2, 0) is 10.0 Å². The van der Waals surface area contributed by atoms with Crippen LogP contribution in [0, 0.1) is 11.8 Å². The Bertz CT molecular complexity index is 651. The van der Waals surface area contributed by atoms with Crippen LogP contribution in [0.25, 0.3) is 0 Å². The maximum Gasteiger partial charge on any atom is 0.243 e. The lowest BCUT2D eigenvalue weighted by atomic mass is 9.94. The van der Waals surface area contributed by atoms with Gasteiger partial charge in [-0.2, -0.15) is 4.31 Å². The maximum absolute atomic E-state index is 12.7. The lowest BCUT2D eigenvalue weighted by Crippen LogP contribution is -2.42. The van der Waals surface area contributed by atoms with Gasteiger partial charge in [0.1, 0.15) is 4.99 Å². The van der Waals surface area contributed by atoms with Crippen molar-refractivity contribution in [3.05, 3.63) is 28.8 Å². The van der Waals surface area contributed by atoms with Crippen molar-refractivity contribution >= 4 is 38.8 Å². The van der Waals surface area contributed by atoms with Gasteiger partial charge in [0.25, 0.3) is 0 Å². The number of hydrogen-bond donors (Lipinski definition) is 1. The van der Waals surface area contributed by atoms with Crippen LogP contribution in [0.3, 0.4) is 0 Å². The van der Waals surface area contributed by atoms with Crippen LogP contribution in [0.2, 0.25) is 5.02 Å². The molecule has 0 saturated carbocycles. The van der Waals surface area contributed by atoms with Crippen molar-refractivity contribution in [3.8, 4) is 0 Å². The minimum atomic E-state index is -3.53.